The van der Waals surface area contributed by atoms with Crippen LogP contribution in [0.5, 0.6) is 0 Å². The van der Waals surface area contributed by atoms with Gasteiger partial charge in [0.25, 0.3) is 0 Å². The molecule has 0 atom stereocenters. The summed E-state index contributed by atoms with van der Waals surface area (Å²) >= 11 is 0. The van der Waals surface area contributed by atoms with E-state index in [4.69, 9.17) is 10.9 Å². The summed E-state index contributed by atoms with van der Waals surface area (Å²) in [5.41, 5.74) is 5.71. The third-order valence-corrected chi connectivity index (χ3v) is 2.75. The number of nitrogens with zero attached hydrogens (tertiary/aromatic N) is 1. The molecule has 0 bridgehead atoms. The van der Waals surface area contributed by atoms with E-state index in [1.54, 1.807) is 0 Å². The fourth-order valence-corrected chi connectivity index (χ4v) is 1.64. The molecule has 4 N–H and O–H groups in total. The minimum atomic E-state index is 0.288. The first-order valence-electron chi connectivity index (χ1n) is 6.19. The molecule has 0 aromatic rings. The zero-order valence-electron chi connectivity index (χ0n) is 10.9. The molecule has 0 radical (unpaired) electrons. The SMILES string of the molecule is CCCCCC(C)(C)CNCCC(N)=NO. The minimum Gasteiger partial charge on any atom is -0.409 e. The normalized spacial score (nSPS) is 13.1. The van der Waals surface area contributed by atoms with Gasteiger partial charge in [-0.2, -0.15) is 0 Å². The van der Waals surface area contributed by atoms with E-state index < -0.39 is 0 Å². The van der Waals surface area contributed by atoms with Gasteiger partial charge in [0.15, 0.2) is 0 Å². The van der Waals surface area contributed by atoms with Crippen LogP contribution < -0.4 is 11.1 Å². The first-order chi connectivity index (χ1) is 7.52. The summed E-state index contributed by atoms with van der Waals surface area (Å²) in [4.78, 5) is 0. The van der Waals surface area contributed by atoms with Gasteiger partial charge < -0.3 is 16.3 Å². The van der Waals surface area contributed by atoms with Crippen molar-refractivity contribution in [1.82, 2.24) is 5.32 Å². The van der Waals surface area contributed by atoms with E-state index in [0.29, 0.717) is 11.8 Å². The van der Waals surface area contributed by atoms with Gasteiger partial charge in [-0.15, -0.1) is 0 Å². The molecule has 0 aliphatic heterocycles. The Kier molecular flexibility index (Phi) is 7.99. The number of amidine groups is 1. The molecule has 4 heteroatoms. The molecule has 0 aromatic heterocycles. The van der Waals surface area contributed by atoms with Crippen LogP contribution in [-0.2, 0) is 0 Å². The second-order valence-corrected chi connectivity index (χ2v) is 5.14. The Morgan fingerprint density at radius 2 is 2.06 bits per heavy atom. The number of hydrogen-bond acceptors (Lipinski definition) is 3. The van der Waals surface area contributed by atoms with Gasteiger partial charge in [0, 0.05) is 19.5 Å². The molecule has 0 fully saturated rings. The molecular formula is C12H27N3O. The minimum absolute atomic E-state index is 0.288. The van der Waals surface area contributed by atoms with Crippen LogP contribution >= 0.6 is 0 Å². The highest BCUT2D eigenvalue weighted by atomic mass is 16.4. The molecule has 0 saturated carbocycles. The molecule has 0 aliphatic carbocycles. The maximum absolute atomic E-state index is 8.37. The summed E-state index contributed by atoms with van der Waals surface area (Å²) in [6, 6.07) is 0. The lowest BCUT2D eigenvalue weighted by Crippen LogP contribution is -2.31. The summed E-state index contributed by atoms with van der Waals surface area (Å²) in [6.07, 6.45) is 5.73. The highest BCUT2D eigenvalue weighted by Gasteiger charge is 2.16. The first kappa shape index (κ1) is 15.2. The second-order valence-electron chi connectivity index (χ2n) is 5.14. The number of oxime groups is 1. The van der Waals surface area contributed by atoms with E-state index in [1.165, 1.54) is 25.7 Å². The van der Waals surface area contributed by atoms with Gasteiger partial charge in [0.1, 0.15) is 5.84 Å². The van der Waals surface area contributed by atoms with Crippen molar-refractivity contribution >= 4 is 5.84 Å². The van der Waals surface area contributed by atoms with E-state index in [0.717, 1.165) is 13.1 Å². The van der Waals surface area contributed by atoms with Crippen molar-refractivity contribution in [3.05, 3.63) is 0 Å². The topological polar surface area (TPSA) is 70.6 Å². The molecule has 0 heterocycles. The summed E-state index contributed by atoms with van der Waals surface area (Å²) in [7, 11) is 0. The lowest BCUT2D eigenvalue weighted by Gasteiger charge is -2.25. The van der Waals surface area contributed by atoms with E-state index in [9.17, 15) is 0 Å². The molecule has 0 spiro atoms. The fraction of sp³-hybridized carbons (Fsp3) is 0.917. The summed E-state index contributed by atoms with van der Waals surface area (Å²) in [5.74, 6) is 0.288. The van der Waals surface area contributed by atoms with Crippen LogP contribution in [0.15, 0.2) is 5.16 Å². The quantitative estimate of drug-likeness (QED) is 0.187. The van der Waals surface area contributed by atoms with Crippen molar-refractivity contribution in [2.45, 2.75) is 52.9 Å². The standard InChI is InChI=1S/C12H27N3O/c1-4-5-6-8-12(2,3)10-14-9-7-11(13)15-16/h14,16H,4-10H2,1-3H3,(H2,13,15). The Morgan fingerprint density at radius 1 is 1.38 bits per heavy atom. The lowest BCUT2D eigenvalue weighted by atomic mass is 9.87. The predicted molar refractivity (Wildman–Crippen MR) is 68.8 cm³/mol. The van der Waals surface area contributed by atoms with Crippen molar-refractivity contribution in [3.63, 3.8) is 0 Å². The van der Waals surface area contributed by atoms with Crippen LogP contribution in [0.2, 0.25) is 0 Å². The van der Waals surface area contributed by atoms with Crippen LogP contribution in [0.1, 0.15) is 52.9 Å². The third kappa shape index (κ3) is 8.53. The molecule has 0 saturated heterocycles. The van der Waals surface area contributed by atoms with Crippen LogP contribution in [0.3, 0.4) is 0 Å². The molecular weight excluding hydrogens is 202 g/mol. The number of rotatable bonds is 9. The Morgan fingerprint density at radius 3 is 2.62 bits per heavy atom. The molecule has 0 amide bonds. The van der Waals surface area contributed by atoms with E-state index in [-0.39, 0.29) is 5.84 Å². The van der Waals surface area contributed by atoms with Crippen LogP contribution in [0.4, 0.5) is 0 Å². The van der Waals surface area contributed by atoms with Crippen LogP contribution in [0, 0.1) is 5.41 Å². The second kappa shape index (κ2) is 8.39. The van der Waals surface area contributed by atoms with Crippen molar-refractivity contribution in [3.8, 4) is 0 Å². The molecule has 96 valence electrons. The highest BCUT2D eigenvalue weighted by Crippen LogP contribution is 2.22. The van der Waals surface area contributed by atoms with E-state index in [1.807, 2.05) is 0 Å². The monoisotopic (exact) mass is 229 g/mol. The van der Waals surface area contributed by atoms with Gasteiger partial charge >= 0.3 is 0 Å². The smallest absolute Gasteiger partial charge is 0.140 e. The average molecular weight is 229 g/mol. The summed E-state index contributed by atoms with van der Waals surface area (Å²) in [6.45, 7) is 8.53. The number of unbranched alkanes of at least 4 members (excludes halogenated alkanes) is 2. The zero-order valence-corrected chi connectivity index (χ0v) is 10.9. The lowest BCUT2D eigenvalue weighted by molar-refractivity contribution is 0.302. The first-order valence-corrected chi connectivity index (χ1v) is 6.19. The number of hydrogen-bond donors (Lipinski definition) is 3. The maximum Gasteiger partial charge on any atom is 0.140 e. The Labute approximate surface area is 99.3 Å². The molecule has 0 rings (SSSR count). The molecule has 0 aliphatic rings. The van der Waals surface area contributed by atoms with E-state index in [2.05, 4.69) is 31.2 Å². The number of nitrogens with two attached hydrogens (primary N) is 1. The maximum atomic E-state index is 8.37. The van der Waals surface area contributed by atoms with Crippen LogP contribution in [0.25, 0.3) is 0 Å². The molecule has 0 unspecified atom stereocenters. The molecule has 0 aromatic carbocycles. The van der Waals surface area contributed by atoms with Gasteiger partial charge in [0.2, 0.25) is 0 Å². The van der Waals surface area contributed by atoms with Gasteiger partial charge in [-0.05, 0) is 11.8 Å². The Hall–Kier alpha value is -0.770. The van der Waals surface area contributed by atoms with Gasteiger partial charge in [-0.1, -0.05) is 45.2 Å². The van der Waals surface area contributed by atoms with Crippen molar-refractivity contribution in [1.29, 1.82) is 0 Å². The third-order valence-electron chi connectivity index (χ3n) is 2.75. The van der Waals surface area contributed by atoms with Crippen molar-refractivity contribution < 1.29 is 5.21 Å². The highest BCUT2D eigenvalue weighted by molar-refractivity contribution is 5.79. The largest absolute Gasteiger partial charge is 0.409 e. The van der Waals surface area contributed by atoms with Gasteiger partial charge in [-0.3, -0.25) is 0 Å². The van der Waals surface area contributed by atoms with Crippen molar-refractivity contribution in [2.24, 2.45) is 16.3 Å². The summed E-state index contributed by atoms with van der Waals surface area (Å²) < 4.78 is 0. The van der Waals surface area contributed by atoms with Gasteiger partial charge in [0.05, 0.1) is 0 Å². The number of nitrogens with one attached hydrogen (secondary N) is 1. The Bertz CT molecular complexity index is 202. The van der Waals surface area contributed by atoms with Crippen molar-refractivity contribution in [2.75, 3.05) is 13.1 Å². The van der Waals surface area contributed by atoms with Gasteiger partial charge in [-0.25, -0.2) is 0 Å². The molecule has 16 heavy (non-hydrogen) atoms. The van der Waals surface area contributed by atoms with Crippen LogP contribution in [-0.4, -0.2) is 24.1 Å². The zero-order chi connectivity index (χ0) is 12.4. The fourth-order valence-electron chi connectivity index (χ4n) is 1.64. The molecule has 4 nitrogen and oxygen atoms in total. The summed E-state index contributed by atoms with van der Waals surface area (Å²) in [5, 5.41) is 14.7. The average Bonchev–Trinajstić information content (AvgIpc) is 2.24. The van der Waals surface area contributed by atoms with E-state index >= 15 is 0 Å². The predicted octanol–water partition coefficient (Wildman–Crippen LogP) is 2.32. The Balaban J connectivity index is 3.57.